The Morgan fingerprint density at radius 1 is 1.31 bits per heavy atom. The van der Waals surface area contributed by atoms with Crippen LogP contribution in [-0.2, 0) is 0 Å². The molecule has 0 fully saturated rings. The third kappa shape index (κ3) is 2.55. The summed E-state index contributed by atoms with van der Waals surface area (Å²) in [4.78, 5) is 0. The lowest BCUT2D eigenvalue weighted by Crippen LogP contribution is -1.92. The summed E-state index contributed by atoms with van der Waals surface area (Å²) in [5.74, 6) is 0.558. The lowest BCUT2D eigenvalue weighted by atomic mass is 10.3. The molecule has 0 radical (unpaired) electrons. The molecule has 0 amide bonds. The number of aryl methyl sites for hydroxylation is 1. The summed E-state index contributed by atoms with van der Waals surface area (Å²) < 4.78 is 18.8. The molecule has 0 bridgehead atoms. The van der Waals surface area contributed by atoms with E-state index in [9.17, 15) is 4.39 Å². The Morgan fingerprint density at radius 3 is 2.81 bits per heavy atom. The summed E-state index contributed by atoms with van der Waals surface area (Å²) in [6, 6.07) is 5.94. The third-order valence-electron chi connectivity index (χ3n) is 1.88. The van der Waals surface area contributed by atoms with Gasteiger partial charge in [-0.1, -0.05) is 0 Å². The Balaban J connectivity index is 2.27. The van der Waals surface area contributed by atoms with E-state index in [0.29, 0.717) is 16.1 Å². The monoisotopic (exact) mass is 282 g/mol. The van der Waals surface area contributed by atoms with Crippen molar-refractivity contribution >= 4 is 15.9 Å². The summed E-state index contributed by atoms with van der Waals surface area (Å²) in [6.45, 7) is 1.89. The van der Waals surface area contributed by atoms with Crippen molar-refractivity contribution in [1.82, 2.24) is 10.2 Å². The number of hydrogen-bond acceptors (Lipinski definition) is 3. The average molecular weight is 283 g/mol. The molecule has 1 heterocycles. The van der Waals surface area contributed by atoms with E-state index >= 15 is 0 Å². The van der Waals surface area contributed by atoms with E-state index in [0.717, 1.165) is 5.56 Å². The predicted molar refractivity (Wildman–Crippen MR) is 60.9 cm³/mol. The minimum Gasteiger partial charge on any atom is -0.436 e. The maximum atomic E-state index is 12.8. The number of nitrogens with zero attached hydrogens (tertiary/aromatic N) is 2. The van der Waals surface area contributed by atoms with E-state index < -0.39 is 0 Å². The second kappa shape index (κ2) is 4.57. The molecule has 2 rings (SSSR count). The molecule has 2 aromatic rings. The van der Waals surface area contributed by atoms with Gasteiger partial charge in [-0.2, -0.15) is 5.10 Å². The van der Waals surface area contributed by atoms with Gasteiger partial charge in [-0.05, 0) is 46.6 Å². The summed E-state index contributed by atoms with van der Waals surface area (Å²) >= 11 is 3.21. The Morgan fingerprint density at radius 2 is 2.12 bits per heavy atom. The highest BCUT2D eigenvalue weighted by Crippen LogP contribution is 2.29. The summed E-state index contributed by atoms with van der Waals surface area (Å²) in [5, 5.41) is 7.57. The molecular formula is C11H8BrFN2O. The van der Waals surface area contributed by atoms with E-state index in [1.54, 1.807) is 12.3 Å². The van der Waals surface area contributed by atoms with Gasteiger partial charge in [0.2, 0.25) is 5.88 Å². The number of aromatic nitrogens is 2. The molecule has 0 unspecified atom stereocenters. The number of hydrogen-bond donors (Lipinski definition) is 0. The van der Waals surface area contributed by atoms with Crippen molar-refractivity contribution in [2.75, 3.05) is 0 Å². The first kappa shape index (κ1) is 11.0. The second-order valence-electron chi connectivity index (χ2n) is 3.25. The quantitative estimate of drug-likeness (QED) is 0.846. The minimum absolute atomic E-state index is 0.324. The molecule has 16 heavy (non-hydrogen) atoms. The molecule has 0 aliphatic heterocycles. The van der Waals surface area contributed by atoms with Crippen molar-refractivity contribution < 1.29 is 9.13 Å². The van der Waals surface area contributed by atoms with Gasteiger partial charge in [-0.3, -0.25) is 0 Å². The molecule has 0 saturated carbocycles. The fourth-order valence-electron chi connectivity index (χ4n) is 1.16. The second-order valence-corrected chi connectivity index (χ2v) is 4.10. The molecule has 0 spiro atoms. The average Bonchev–Trinajstić information content (AvgIpc) is 2.22. The van der Waals surface area contributed by atoms with E-state index in [2.05, 4.69) is 26.1 Å². The summed E-state index contributed by atoms with van der Waals surface area (Å²) in [5.41, 5.74) is 0.947. The summed E-state index contributed by atoms with van der Waals surface area (Å²) in [7, 11) is 0. The maximum Gasteiger partial charge on any atom is 0.239 e. The van der Waals surface area contributed by atoms with E-state index in [-0.39, 0.29) is 5.82 Å². The zero-order valence-corrected chi connectivity index (χ0v) is 10.0. The van der Waals surface area contributed by atoms with Gasteiger partial charge in [-0.25, -0.2) is 4.39 Å². The fraction of sp³-hybridized carbons (Fsp3) is 0.0909. The number of rotatable bonds is 2. The van der Waals surface area contributed by atoms with Crippen LogP contribution in [0.15, 0.2) is 34.9 Å². The van der Waals surface area contributed by atoms with Crippen LogP contribution >= 0.6 is 15.9 Å². The van der Waals surface area contributed by atoms with Crippen LogP contribution in [0.5, 0.6) is 11.6 Å². The van der Waals surface area contributed by atoms with Gasteiger partial charge in [0, 0.05) is 6.07 Å². The predicted octanol–water partition coefficient (Wildman–Crippen LogP) is 3.48. The van der Waals surface area contributed by atoms with Gasteiger partial charge < -0.3 is 4.74 Å². The van der Waals surface area contributed by atoms with Crippen molar-refractivity contribution in [3.63, 3.8) is 0 Å². The van der Waals surface area contributed by atoms with Crippen molar-refractivity contribution in [1.29, 1.82) is 0 Å². The van der Waals surface area contributed by atoms with Crippen molar-refractivity contribution in [2.24, 2.45) is 0 Å². The Labute approximate surface area is 100 Å². The number of ether oxygens (including phenoxy) is 1. The number of benzene rings is 1. The molecular weight excluding hydrogens is 275 g/mol. The van der Waals surface area contributed by atoms with Gasteiger partial charge in [-0.15, -0.1) is 5.10 Å². The number of halogens is 2. The molecule has 0 aliphatic carbocycles. The SMILES string of the molecule is Cc1cnnc(Oc2ccc(F)cc2Br)c1. The smallest absolute Gasteiger partial charge is 0.239 e. The standard InChI is InChI=1S/C11H8BrFN2O/c1-7-4-11(15-14-6-7)16-10-3-2-8(13)5-9(10)12/h2-6H,1H3. The Kier molecular flexibility index (Phi) is 3.14. The molecule has 0 saturated heterocycles. The Hall–Kier alpha value is -1.49. The van der Waals surface area contributed by atoms with Crippen LogP contribution in [-0.4, -0.2) is 10.2 Å². The summed E-state index contributed by atoms with van der Waals surface area (Å²) in [6.07, 6.45) is 1.63. The molecule has 1 aromatic carbocycles. The molecule has 3 nitrogen and oxygen atoms in total. The minimum atomic E-state index is -0.324. The highest BCUT2D eigenvalue weighted by atomic mass is 79.9. The van der Waals surface area contributed by atoms with Crippen molar-refractivity contribution in [3.8, 4) is 11.6 Å². The van der Waals surface area contributed by atoms with Crippen LogP contribution in [0.2, 0.25) is 0 Å². The highest BCUT2D eigenvalue weighted by molar-refractivity contribution is 9.10. The van der Waals surface area contributed by atoms with Gasteiger partial charge in [0.1, 0.15) is 11.6 Å². The Bertz CT molecular complexity index is 519. The molecule has 5 heteroatoms. The molecule has 1 aromatic heterocycles. The highest BCUT2D eigenvalue weighted by Gasteiger charge is 2.05. The normalized spacial score (nSPS) is 10.2. The van der Waals surface area contributed by atoms with Gasteiger partial charge in [0.05, 0.1) is 10.7 Å². The van der Waals surface area contributed by atoms with Crippen LogP contribution in [0.25, 0.3) is 0 Å². The zero-order valence-electron chi connectivity index (χ0n) is 8.45. The first-order chi connectivity index (χ1) is 7.65. The van der Waals surface area contributed by atoms with E-state index in [1.165, 1.54) is 18.2 Å². The van der Waals surface area contributed by atoms with Crippen LogP contribution < -0.4 is 4.74 Å². The molecule has 0 atom stereocenters. The third-order valence-corrected chi connectivity index (χ3v) is 2.50. The van der Waals surface area contributed by atoms with Gasteiger partial charge in [0.25, 0.3) is 0 Å². The lowest BCUT2D eigenvalue weighted by Gasteiger charge is -2.06. The topological polar surface area (TPSA) is 35.0 Å². The van der Waals surface area contributed by atoms with Crippen molar-refractivity contribution in [2.45, 2.75) is 6.92 Å². The maximum absolute atomic E-state index is 12.8. The molecule has 82 valence electrons. The van der Waals surface area contributed by atoms with E-state index in [4.69, 9.17) is 4.74 Å². The molecule has 0 aliphatic rings. The zero-order chi connectivity index (χ0) is 11.5. The van der Waals surface area contributed by atoms with Gasteiger partial charge >= 0.3 is 0 Å². The first-order valence-corrected chi connectivity index (χ1v) is 5.37. The van der Waals surface area contributed by atoms with Crippen LogP contribution in [0.1, 0.15) is 5.56 Å². The van der Waals surface area contributed by atoms with Crippen LogP contribution in [0.3, 0.4) is 0 Å². The largest absolute Gasteiger partial charge is 0.436 e. The lowest BCUT2D eigenvalue weighted by molar-refractivity contribution is 0.450. The van der Waals surface area contributed by atoms with Gasteiger partial charge in [0.15, 0.2) is 0 Å². The van der Waals surface area contributed by atoms with E-state index in [1.807, 2.05) is 6.92 Å². The van der Waals surface area contributed by atoms with Crippen LogP contribution in [0.4, 0.5) is 4.39 Å². The van der Waals surface area contributed by atoms with Crippen LogP contribution in [0, 0.1) is 12.7 Å². The fourth-order valence-corrected chi connectivity index (χ4v) is 1.59. The van der Waals surface area contributed by atoms with Crippen molar-refractivity contribution in [3.05, 3.63) is 46.3 Å². The molecule has 0 N–H and O–H groups in total. The first-order valence-electron chi connectivity index (χ1n) is 4.57.